The van der Waals surface area contributed by atoms with Gasteiger partial charge < -0.3 is 29.3 Å². The Hall–Kier alpha value is -2.91. The van der Waals surface area contributed by atoms with Crippen LogP contribution >= 0.6 is 0 Å². The standard InChI is InChI=1S/C18H21N3O6/c1-25-17(23)14-10-27-11-21(16(14)18(24)26-2)13-5-3-12(4-6-13)20-8-7-19-9-15(20)22/h3-6,19H,7-11H2,1-2H3. The van der Waals surface area contributed by atoms with Crippen LogP contribution in [-0.4, -0.2) is 65.0 Å². The SMILES string of the molecule is COC(=O)C1=C(C(=O)OC)N(c2ccc(N3CCNCC3=O)cc2)COC1. The molecule has 9 heteroatoms. The molecule has 0 spiro atoms. The van der Waals surface area contributed by atoms with E-state index in [0.717, 1.165) is 12.2 Å². The minimum atomic E-state index is -0.653. The van der Waals surface area contributed by atoms with Gasteiger partial charge in [-0.2, -0.15) is 0 Å². The summed E-state index contributed by atoms with van der Waals surface area (Å²) in [6.07, 6.45) is 0. The summed E-state index contributed by atoms with van der Waals surface area (Å²) in [5.41, 5.74) is 1.57. The van der Waals surface area contributed by atoms with Crippen molar-refractivity contribution in [3.63, 3.8) is 0 Å². The monoisotopic (exact) mass is 375 g/mol. The molecule has 0 saturated carbocycles. The van der Waals surface area contributed by atoms with Crippen LogP contribution in [0.3, 0.4) is 0 Å². The molecule has 0 aliphatic carbocycles. The van der Waals surface area contributed by atoms with Crippen LogP contribution in [0.4, 0.5) is 11.4 Å². The van der Waals surface area contributed by atoms with Crippen LogP contribution in [-0.2, 0) is 28.6 Å². The fourth-order valence-corrected chi connectivity index (χ4v) is 3.04. The maximum absolute atomic E-state index is 12.3. The summed E-state index contributed by atoms with van der Waals surface area (Å²) in [6, 6.07) is 7.11. The zero-order valence-electron chi connectivity index (χ0n) is 15.2. The Morgan fingerprint density at radius 2 is 1.67 bits per heavy atom. The average molecular weight is 375 g/mol. The predicted molar refractivity (Wildman–Crippen MR) is 96.0 cm³/mol. The molecule has 1 aromatic carbocycles. The maximum atomic E-state index is 12.3. The first-order valence-electron chi connectivity index (χ1n) is 8.43. The van der Waals surface area contributed by atoms with E-state index in [2.05, 4.69) is 5.32 Å². The van der Waals surface area contributed by atoms with Crippen molar-refractivity contribution in [1.82, 2.24) is 5.32 Å². The van der Waals surface area contributed by atoms with E-state index in [-0.39, 0.29) is 30.5 Å². The second-order valence-electron chi connectivity index (χ2n) is 5.95. The summed E-state index contributed by atoms with van der Waals surface area (Å²) < 4.78 is 15.0. The first-order chi connectivity index (χ1) is 13.1. The Morgan fingerprint density at radius 3 is 2.26 bits per heavy atom. The van der Waals surface area contributed by atoms with Crippen molar-refractivity contribution in [2.45, 2.75) is 0 Å². The van der Waals surface area contributed by atoms with Gasteiger partial charge in [-0.3, -0.25) is 4.79 Å². The molecule has 144 valence electrons. The number of methoxy groups -OCH3 is 2. The molecule has 2 aliphatic rings. The van der Waals surface area contributed by atoms with Crippen molar-refractivity contribution < 1.29 is 28.6 Å². The molecule has 0 bridgehead atoms. The molecule has 0 radical (unpaired) electrons. The smallest absolute Gasteiger partial charge is 0.355 e. The Bertz CT molecular complexity index is 774. The van der Waals surface area contributed by atoms with Gasteiger partial charge in [-0.05, 0) is 24.3 Å². The van der Waals surface area contributed by atoms with Crippen LogP contribution in [0.2, 0.25) is 0 Å². The van der Waals surface area contributed by atoms with E-state index in [1.54, 1.807) is 34.1 Å². The summed E-state index contributed by atoms with van der Waals surface area (Å²) in [4.78, 5) is 39.6. The quantitative estimate of drug-likeness (QED) is 0.736. The molecular formula is C18H21N3O6. The number of hydrogen-bond donors (Lipinski definition) is 1. The number of nitrogens with zero attached hydrogens (tertiary/aromatic N) is 2. The second kappa shape index (κ2) is 8.19. The van der Waals surface area contributed by atoms with Crippen molar-refractivity contribution >= 4 is 29.2 Å². The second-order valence-corrected chi connectivity index (χ2v) is 5.95. The van der Waals surface area contributed by atoms with Gasteiger partial charge in [-0.1, -0.05) is 0 Å². The highest BCUT2D eigenvalue weighted by molar-refractivity contribution is 6.03. The zero-order valence-corrected chi connectivity index (χ0v) is 15.2. The number of carbonyl (C=O) groups is 3. The summed E-state index contributed by atoms with van der Waals surface area (Å²) in [6.45, 7) is 1.66. The highest BCUT2D eigenvalue weighted by Crippen LogP contribution is 2.28. The first kappa shape index (κ1) is 18.9. The fraction of sp³-hybridized carbons (Fsp3) is 0.389. The van der Waals surface area contributed by atoms with Crippen molar-refractivity contribution in [2.24, 2.45) is 0 Å². The molecule has 1 saturated heterocycles. The van der Waals surface area contributed by atoms with Gasteiger partial charge >= 0.3 is 11.9 Å². The highest BCUT2D eigenvalue weighted by Gasteiger charge is 2.32. The lowest BCUT2D eigenvalue weighted by molar-refractivity contribution is -0.140. The van der Waals surface area contributed by atoms with E-state index < -0.39 is 11.9 Å². The molecule has 0 unspecified atom stereocenters. The number of carbonyl (C=O) groups excluding carboxylic acids is 3. The number of anilines is 2. The zero-order chi connectivity index (χ0) is 19.4. The lowest BCUT2D eigenvalue weighted by Gasteiger charge is -2.32. The van der Waals surface area contributed by atoms with Crippen LogP contribution in [0.5, 0.6) is 0 Å². The van der Waals surface area contributed by atoms with E-state index in [1.807, 2.05) is 0 Å². The Labute approximate surface area is 156 Å². The van der Waals surface area contributed by atoms with Crippen LogP contribution in [0, 0.1) is 0 Å². The van der Waals surface area contributed by atoms with Gasteiger partial charge in [-0.15, -0.1) is 0 Å². The van der Waals surface area contributed by atoms with Crippen LogP contribution in [0.25, 0.3) is 0 Å². The first-order valence-corrected chi connectivity index (χ1v) is 8.43. The van der Waals surface area contributed by atoms with Crippen molar-refractivity contribution in [1.29, 1.82) is 0 Å². The average Bonchev–Trinajstić information content (AvgIpc) is 2.72. The molecule has 9 nitrogen and oxygen atoms in total. The predicted octanol–water partition coefficient (Wildman–Crippen LogP) is 0.0170. The maximum Gasteiger partial charge on any atom is 0.355 e. The fourth-order valence-electron chi connectivity index (χ4n) is 3.04. The third-order valence-electron chi connectivity index (χ3n) is 4.40. The lowest BCUT2D eigenvalue weighted by Crippen LogP contribution is -2.48. The van der Waals surface area contributed by atoms with E-state index >= 15 is 0 Å². The molecule has 2 heterocycles. The van der Waals surface area contributed by atoms with Crippen molar-refractivity contribution in [3.05, 3.63) is 35.5 Å². The molecule has 0 atom stereocenters. The molecule has 1 N–H and O–H groups in total. The van der Waals surface area contributed by atoms with Crippen molar-refractivity contribution in [2.75, 3.05) is 57.0 Å². The van der Waals surface area contributed by atoms with Crippen LogP contribution in [0.15, 0.2) is 35.5 Å². The van der Waals surface area contributed by atoms with Gasteiger partial charge in [0.2, 0.25) is 5.91 Å². The summed E-state index contributed by atoms with van der Waals surface area (Å²) in [5.74, 6) is -1.30. The molecule has 1 aromatic rings. The van der Waals surface area contributed by atoms with E-state index in [1.165, 1.54) is 14.2 Å². The highest BCUT2D eigenvalue weighted by atomic mass is 16.5. The van der Waals surface area contributed by atoms with Gasteiger partial charge in [0.1, 0.15) is 12.4 Å². The Balaban J connectivity index is 1.92. The number of esters is 2. The van der Waals surface area contributed by atoms with E-state index in [0.29, 0.717) is 18.8 Å². The van der Waals surface area contributed by atoms with E-state index in [4.69, 9.17) is 14.2 Å². The lowest BCUT2D eigenvalue weighted by atomic mass is 10.1. The summed E-state index contributed by atoms with van der Waals surface area (Å²) in [7, 11) is 2.49. The van der Waals surface area contributed by atoms with Gasteiger partial charge in [0.05, 0.1) is 32.9 Å². The molecule has 0 aromatic heterocycles. The van der Waals surface area contributed by atoms with Crippen molar-refractivity contribution in [3.8, 4) is 0 Å². The number of ether oxygens (including phenoxy) is 3. The minimum absolute atomic E-state index is 0.00145. The largest absolute Gasteiger partial charge is 0.466 e. The van der Waals surface area contributed by atoms with E-state index in [9.17, 15) is 14.4 Å². The topological polar surface area (TPSA) is 97.4 Å². The Morgan fingerprint density at radius 1 is 1.04 bits per heavy atom. The Kier molecular flexibility index (Phi) is 5.72. The molecule has 1 fully saturated rings. The number of benzene rings is 1. The normalized spacial score (nSPS) is 17.8. The van der Waals surface area contributed by atoms with Gasteiger partial charge in [-0.25, -0.2) is 9.59 Å². The van der Waals surface area contributed by atoms with Gasteiger partial charge in [0, 0.05) is 24.5 Å². The number of piperazine rings is 1. The van der Waals surface area contributed by atoms with Crippen LogP contribution in [0.1, 0.15) is 0 Å². The third-order valence-corrected chi connectivity index (χ3v) is 4.40. The number of hydrogen-bond acceptors (Lipinski definition) is 8. The van der Waals surface area contributed by atoms with Gasteiger partial charge in [0.25, 0.3) is 0 Å². The molecule has 3 rings (SSSR count). The number of nitrogens with one attached hydrogen (secondary N) is 1. The minimum Gasteiger partial charge on any atom is -0.466 e. The summed E-state index contributed by atoms with van der Waals surface area (Å²) >= 11 is 0. The molecule has 27 heavy (non-hydrogen) atoms. The molecule has 1 amide bonds. The number of amides is 1. The van der Waals surface area contributed by atoms with Gasteiger partial charge in [0.15, 0.2) is 0 Å². The number of rotatable bonds is 4. The molecular weight excluding hydrogens is 354 g/mol. The van der Waals surface area contributed by atoms with Crippen LogP contribution < -0.4 is 15.1 Å². The third kappa shape index (κ3) is 3.79. The summed E-state index contributed by atoms with van der Waals surface area (Å²) in [5, 5.41) is 3.03. The molecule has 2 aliphatic heterocycles.